The number of carboxylic acids is 1. The number of nitrogens with one attached hydrogen (secondary N) is 7. The summed E-state index contributed by atoms with van der Waals surface area (Å²) in [5, 5.41) is 27.3. The molecule has 0 aromatic heterocycles. The fourth-order valence-electron chi connectivity index (χ4n) is 5.92. The standard InChI is InChI=1S/C39H59ClN8O10/c1-6-8-10-14-29(49)41-17-18-42-31(51)22-44-36(56)27(21-33(53)54)46-37(57)28-12-11-19-48(28)38(58)34(39(3,4)5)47-35(55)24-15-16-26(25(40)20-24)45-32(52)23-43-30(50)13-9-7-2/h15-16,20,27-28,34H,6-14,17-19,21-23H2,1-5H3,(H,41,49)(H,42,51)(H,43,50)(H,44,56)(H,45,52)(H,46,57)(H,47,55)(H,53,54)/t27-,28-,34+/m0/s1. The highest BCUT2D eigenvalue weighted by molar-refractivity contribution is 6.34. The van der Waals surface area contributed by atoms with E-state index in [-0.39, 0.29) is 60.7 Å². The average Bonchev–Trinajstić information content (AvgIpc) is 3.66. The van der Waals surface area contributed by atoms with Crippen LogP contribution >= 0.6 is 11.6 Å². The van der Waals surface area contributed by atoms with Gasteiger partial charge in [-0.05, 0) is 49.3 Å². The van der Waals surface area contributed by atoms with Gasteiger partial charge in [-0.1, -0.05) is 65.5 Å². The number of likely N-dealkylation sites (tertiary alicyclic amines) is 1. The summed E-state index contributed by atoms with van der Waals surface area (Å²) < 4.78 is 0. The smallest absolute Gasteiger partial charge is 0.305 e. The lowest BCUT2D eigenvalue weighted by molar-refractivity contribution is -0.144. The molecular formula is C39H59ClN8O10. The quantitative estimate of drug-likeness (QED) is 0.0739. The molecule has 3 atom stereocenters. The van der Waals surface area contributed by atoms with Crippen LogP contribution in [0.25, 0.3) is 0 Å². The van der Waals surface area contributed by atoms with E-state index in [0.29, 0.717) is 25.7 Å². The Labute approximate surface area is 344 Å². The molecule has 0 radical (unpaired) electrons. The van der Waals surface area contributed by atoms with Gasteiger partial charge in [0.25, 0.3) is 5.91 Å². The fraction of sp³-hybridized carbons (Fsp3) is 0.615. The summed E-state index contributed by atoms with van der Waals surface area (Å²) in [6, 6.07) is 0.326. The van der Waals surface area contributed by atoms with Gasteiger partial charge in [0.05, 0.1) is 30.2 Å². The lowest BCUT2D eigenvalue weighted by atomic mass is 9.85. The summed E-state index contributed by atoms with van der Waals surface area (Å²) in [4.78, 5) is 115. The topological polar surface area (TPSA) is 261 Å². The van der Waals surface area contributed by atoms with Crippen molar-refractivity contribution in [3.63, 3.8) is 0 Å². The molecule has 0 bridgehead atoms. The lowest BCUT2D eigenvalue weighted by Gasteiger charge is -2.35. The van der Waals surface area contributed by atoms with E-state index in [9.17, 15) is 48.3 Å². The monoisotopic (exact) mass is 834 g/mol. The molecule has 0 unspecified atom stereocenters. The summed E-state index contributed by atoms with van der Waals surface area (Å²) in [5.74, 6) is -5.85. The van der Waals surface area contributed by atoms with Crippen molar-refractivity contribution in [3.8, 4) is 0 Å². The zero-order valence-electron chi connectivity index (χ0n) is 34.0. The maximum Gasteiger partial charge on any atom is 0.305 e. The van der Waals surface area contributed by atoms with Crippen LogP contribution in [0.1, 0.15) is 109 Å². The zero-order valence-corrected chi connectivity index (χ0v) is 34.8. The molecule has 0 aliphatic carbocycles. The first-order valence-electron chi connectivity index (χ1n) is 19.7. The second kappa shape index (κ2) is 24.5. The van der Waals surface area contributed by atoms with Gasteiger partial charge >= 0.3 is 5.97 Å². The van der Waals surface area contributed by atoms with Crippen molar-refractivity contribution in [3.05, 3.63) is 28.8 Å². The summed E-state index contributed by atoms with van der Waals surface area (Å²) in [7, 11) is 0. The molecule has 322 valence electrons. The van der Waals surface area contributed by atoms with Crippen LogP contribution in [-0.2, 0) is 38.4 Å². The highest BCUT2D eigenvalue weighted by Crippen LogP contribution is 2.28. The minimum atomic E-state index is -1.57. The third kappa shape index (κ3) is 17.1. The Morgan fingerprint density at radius 3 is 2.05 bits per heavy atom. The van der Waals surface area contributed by atoms with Crippen LogP contribution in [-0.4, -0.2) is 114 Å². The number of halogens is 1. The van der Waals surface area contributed by atoms with Crippen LogP contribution in [0, 0.1) is 5.41 Å². The van der Waals surface area contributed by atoms with Crippen molar-refractivity contribution in [2.75, 3.05) is 38.0 Å². The van der Waals surface area contributed by atoms with Gasteiger partial charge in [-0.25, -0.2) is 0 Å². The number of hydrogen-bond acceptors (Lipinski definition) is 9. The van der Waals surface area contributed by atoms with E-state index in [1.807, 2.05) is 13.8 Å². The highest BCUT2D eigenvalue weighted by Gasteiger charge is 2.43. The maximum atomic E-state index is 14.0. The second-order valence-electron chi connectivity index (χ2n) is 15.1. The van der Waals surface area contributed by atoms with Gasteiger partial charge in [0.15, 0.2) is 0 Å². The summed E-state index contributed by atoms with van der Waals surface area (Å²) in [6.07, 6.45) is 4.72. The van der Waals surface area contributed by atoms with Gasteiger partial charge in [0.2, 0.25) is 41.4 Å². The Morgan fingerprint density at radius 1 is 0.810 bits per heavy atom. The first-order chi connectivity index (χ1) is 27.4. The molecule has 58 heavy (non-hydrogen) atoms. The number of hydrogen-bond donors (Lipinski definition) is 8. The van der Waals surface area contributed by atoms with Gasteiger partial charge in [-0.2, -0.15) is 0 Å². The molecule has 1 heterocycles. The molecule has 8 amide bonds. The van der Waals surface area contributed by atoms with Gasteiger partial charge in [-0.3, -0.25) is 43.2 Å². The van der Waals surface area contributed by atoms with Crippen LogP contribution in [0.5, 0.6) is 0 Å². The van der Waals surface area contributed by atoms with E-state index >= 15 is 0 Å². The molecule has 0 saturated carbocycles. The molecule has 1 aromatic carbocycles. The fourth-order valence-corrected chi connectivity index (χ4v) is 6.15. The number of aliphatic carboxylic acids is 1. The number of rotatable bonds is 23. The predicted molar refractivity (Wildman–Crippen MR) is 215 cm³/mol. The minimum absolute atomic E-state index is 0.0345. The van der Waals surface area contributed by atoms with E-state index in [4.69, 9.17) is 11.6 Å². The minimum Gasteiger partial charge on any atom is -0.481 e. The molecule has 1 saturated heterocycles. The van der Waals surface area contributed by atoms with Crippen LogP contribution in [0.2, 0.25) is 5.02 Å². The Balaban J connectivity index is 2.04. The lowest BCUT2D eigenvalue weighted by Crippen LogP contribution is -2.59. The zero-order chi connectivity index (χ0) is 43.4. The predicted octanol–water partition coefficient (Wildman–Crippen LogP) is 1.61. The molecule has 1 aliphatic rings. The third-order valence-corrected chi connectivity index (χ3v) is 9.46. The van der Waals surface area contributed by atoms with E-state index in [1.54, 1.807) is 20.8 Å². The van der Waals surface area contributed by atoms with E-state index in [2.05, 4.69) is 37.2 Å². The molecule has 1 aliphatic heterocycles. The number of carbonyl (C=O) groups excluding carboxylic acids is 8. The van der Waals surface area contributed by atoms with Crippen molar-refractivity contribution in [2.24, 2.45) is 5.41 Å². The molecule has 1 fully saturated rings. The van der Waals surface area contributed by atoms with Crippen molar-refractivity contribution < 1.29 is 48.3 Å². The normalized spacial score (nSPS) is 14.7. The molecular weight excluding hydrogens is 776 g/mol. The number of nitrogens with zero attached hydrogens (tertiary/aromatic N) is 1. The largest absolute Gasteiger partial charge is 0.481 e. The van der Waals surface area contributed by atoms with Crippen molar-refractivity contribution >= 4 is 70.5 Å². The summed E-state index contributed by atoms with van der Waals surface area (Å²) >= 11 is 6.38. The van der Waals surface area contributed by atoms with E-state index in [1.165, 1.54) is 23.1 Å². The van der Waals surface area contributed by atoms with Crippen LogP contribution in [0.15, 0.2) is 18.2 Å². The second-order valence-corrected chi connectivity index (χ2v) is 15.5. The van der Waals surface area contributed by atoms with Crippen LogP contribution < -0.4 is 37.2 Å². The van der Waals surface area contributed by atoms with Crippen LogP contribution in [0.3, 0.4) is 0 Å². The molecule has 2 rings (SSSR count). The first kappa shape index (κ1) is 48.9. The number of benzene rings is 1. The number of carbonyl (C=O) groups is 9. The summed E-state index contributed by atoms with van der Waals surface area (Å²) in [5.41, 5.74) is -0.578. The van der Waals surface area contributed by atoms with Crippen molar-refractivity contribution in [1.29, 1.82) is 0 Å². The Hall–Kier alpha value is -5.26. The number of carboxylic acid groups (broad SMARTS) is 1. The molecule has 19 heteroatoms. The van der Waals surface area contributed by atoms with Gasteiger partial charge < -0.3 is 47.2 Å². The Bertz CT molecular complexity index is 1650. The SMILES string of the molecule is CCCCCC(=O)NCCNC(=O)CNC(=O)[C@H](CC(=O)O)NC(=O)[C@@H]1CCCN1C(=O)[C@@H](NC(=O)c1ccc(NC(=O)CNC(=O)CCCC)c(Cl)c1)C(C)(C)C. The van der Waals surface area contributed by atoms with Crippen molar-refractivity contribution in [1.82, 2.24) is 36.8 Å². The van der Waals surface area contributed by atoms with Crippen LogP contribution in [0.4, 0.5) is 5.69 Å². The van der Waals surface area contributed by atoms with E-state index in [0.717, 1.165) is 25.7 Å². The third-order valence-electron chi connectivity index (χ3n) is 9.15. The number of anilines is 1. The molecule has 1 aromatic rings. The molecule has 8 N–H and O–H groups in total. The average molecular weight is 835 g/mol. The Kier molecular flexibility index (Phi) is 20.6. The number of amides is 8. The first-order valence-corrected chi connectivity index (χ1v) is 20.1. The highest BCUT2D eigenvalue weighted by atomic mass is 35.5. The van der Waals surface area contributed by atoms with Crippen molar-refractivity contribution in [2.45, 2.75) is 117 Å². The molecule has 18 nitrogen and oxygen atoms in total. The number of unbranched alkanes of at least 4 members (excludes halogenated alkanes) is 3. The Morgan fingerprint density at radius 2 is 1.43 bits per heavy atom. The van der Waals surface area contributed by atoms with Gasteiger partial charge in [0, 0.05) is 38.0 Å². The molecule has 0 spiro atoms. The van der Waals surface area contributed by atoms with Gasteiger partial charge in [0.1, 0.15) is 18.1 Å². The summed E-state index contributed by atoms with van der Waals surface area (Å²) in [6.45, 7) is 8.80. The maximum absolute atomic E-state index is 14.0. The van der Waals surface area contributed by atoms with E-state index < -0.39 is 77.9 Å². The van der Waals surface area contributed by atoms with Gasteiger partial charge in [-0.15, -0.1) is 0 Å².